The molecule has 14 heteroatoms. The monoisotopic (exact) mass is 586 g/mol. The second kappa shape index (κ2) is 10.7. The number of nitrogens with zero attached hydrogens (tertiary/aromatic N) is 3. The topological polar surface area (TPSA) is 122 Å². The van der Waals surface area contributed by atoms with Gasteiger partial charge in [-0.2, -0.15) is 18.2 Å². The number of ketones is 1. The van der Waals surface area contributed by atoms with Crippen LogP contribution in [0, 0.1) is 5.82 Å². The number of allylic oxidation sites excluding steroid dienone is 1. The fourth-order valence-electron chi connectivity index (χ4n) is 4.14. The van der Waals surface area contributed by atoms with E-state index in [1.54, 1.807) is 6.92 Å². The molecule has 41 heavy (non-hydrogen) atoms. The van der Waals surface area contributed by atoms with Crippen LogP contribution in [0.2, 0.25) is 5.02 Å². The van der Waals surface area contributed by atoms with Gasteiger partial charge in [0.15, 0.2) is 11.4 Å². The predicted octanol–water partition coefficient (Wildman–Crippen LogP) is 6.26. The van der Waals surface area contributed by atoms with E-state index in [0.717, 1.165) is 24.3 Å². The molecule has 0 saturated heterocycles. The van der Waals surface area contributed by atoms with Gasteiger partial charge in [0.25, 0.3) is 5.91 Å². The van der Waals surface area contributed by atoms with Crippen LogP contribution in [0.15, 0.2) is 75.4 Å². The summed E-state index contributed by atoms with van der Waals surface area (Å²) in [6.45, 7) is 2.91. The number of carbonyl (C=O) groups excluding carboxylic acids is 2. The summed E-state index contributed by atoms with van der Waals surface area (Å²) in [5.41, 5.74) is 0.262. The molecule has 0 saturated carbocycles. The van der Waals surface area contributed by atoms with Gasteiger partial charge in [-0.15, -0.1) is 0 Å². The van der Waals surface area contributed by atoms with Crippen molar-refractivity contribution in [1.29, 1.82) is 0 Å². The first-order chi connectivity index (χ1) is 19.4. The van der Waals surface area contributed by atoms with Gasteiger partial charge in [0.05, 0.1) is 11.1 Å². The summed E-state index contributed by atoms with van der Waals surface area (Å²) in [7, 11) is 0. The molecule has 1 unspecified atom stereocenters. The van der Waals surface area contributed by atoms with E-state index in [2.05, 4.69) is 30.9 Å². The van der Waals surface area contributed by atoms with Crippen molar-refractivity contribution >= 4 is 52.2 Å². The molecular formula is C27H19ClF4N6O3. The number of guanidine groups is 1. The third-order valence-corrected chi connectivity index (χ3v) is 6.42. The zero-order chi connectivity index (χ0) is 29.5. The number of rotatable bonds is 5. The fourth-order valence-corrected chi connectivity index (χ4v) is 4.42. The zero-order valence-corrected chi connectivity index (χ0v) is 22.0. The lowest BCUT2D eigenvalue weighted by Gasteiger charge is -2.27. The number of aromatic nitrogens is 2. The highest BCUT2D eigenvalue weighted by Crippen LogP contribution is 2.39. The van der Waals surface area contributed by atoms with E-state index in [1.165, 1.54) is 37.4 Å². The van der Waals surface area contributed by atoms with Crippen molar-refractivity contribution in [3.8, 4) is 0 Å². The van der Waals surface area contributed by atoms with Crippen LogP contribution in [0.4, 0.5) is 29.4 Å². The van der Waals surface area contributed by atoms with Crippen LogP contribution >= 0.6 is 11.6 Å². The number of carbonyl (C=O) groups is 2. The first-order valence-electron chi connectivity index (χ1n) is 11.9. The van der Waals surface area contributed by atoms with Crippen LogP contribution in [-0.2, 0) is 11.0 Å². The third kappa shape index (κ3) is 5.89. The minimum atomic E-state index is -4.64. The summed E-state index contributed by atoms with van der Waals surface area (Å²) >= 11 is 6.30. The SMILES string of the molecule is CC(=O)c1ccnc(NC(=O)C2=C(C)NC(Nc3nc4ccc(F)cc4o3)=NC2c2ccc(C(F)(F)F)cc2Cl)c1. The van der Waals surface area contributed by atoms with Gasteiger partial charge in [-0.1, -0.05) is 17.7 Å². The lowest BCUT2D eigenvalue weighted by Crippen LogP contribution is -2.37. The number of benzene rings is 2. The zero-order valence-electron chi connectivity index (χ0n) is 21.2. The summed E-state index contributed by atoms with van der Waals surface area (Å²) in [5.74, 6) is -1.35. The number of alkyl halides is 3. The Morgan fingerprint density at radius 1 is 1.10 bits per heavy atom. The van der Waals surface area contributed by atoms with Gasteiger partial charge in [-0.3, -0.25) is 14.9 Å². The average Bonchev–Trinajstić information content (AvgIpc) is 3.29. The number of oxazole rings is 1. The van der Waals surface area contributed by atoms with Gasteiger partial charge in [-0.25, -0.2) is 14.4 Å². The Hall–Kier alpha value is -4.78. The average molecular weight is 587 g/mol. The van der Waals surface area contributed by atoms with Crippen molar-refractivity contribution in [3.63, 3.8) is 0 Å². The number of Topliss-reactive ketones (excluding diaryl/α,β-unsaturated/α-hetero) is 1. The normalized spacial score (nSPS) is 15.4. The number of aliphatic imine (C=N–C) groups is 1. The van der Waals surface area contributed by atoms with Crippen LogP contribution in [0.1, 0.15) is 41.4 Å². The van der Waals surface area contributed by atoms with Crippen molar-refractivity contribution in [2.24, 2.45) is 4.99 Å². The Labute approximate surface area is 234 Å². The number of hydrogen-bond acceptors (Lipinski definition) is 8. The van der Waals surface area contributed by atoms with Crippen molar-refractivity contribution in [2.75, 3.05) is 10.6 Å². The molecule has 1 aliphatic rings. The van der Waals surface area contributed by atoms with Gasteiger partial charge in [0, 0.05) is 34.1 Å². The van der Waals surface area contributed by atoms with Crippen molar-refractivity contribution < 1.29 is 31.6 Å². The molecule has 3 heterocycles. The molecule has 5 rings (SSSR count). The first-order valence-corrected chi connectivity index (χ1v) is 12.3. The van der Waals surface area contributed by atoms with Crippen LogP contribution in [0.25, 0.3) is 11.1 Å². The Morgan fingerprint density at radius 3 is 2.59 bits per heavy atom. The minimum Gasteiger partial charge on any atom is -0.423 e. The number of nitrogens with one attached hydrogen (secondary N) is 3. The van der Waals surface area contributed by atoms with E-state index in [-0.39, 0.29) is 51.0 Å². The quantitative estimate of drug-likeness (QED) is 0.186. The van der Waals surface area contributed by atoms with E-state index in [9.17, 15) is 27.2 Å². The maximum atomic E-state index is 13.6. The molecule has 0 radical (unpaired) electrons. The second-order valence-corrected chi connectivity index (χ2v) is 9.38. The molecule has 2 aromatic heterocycles. The molecule has 0 aliphatic carbocycles. The highest BCUT2D eigenvalue weighted by Gasteiger charge is 2.35. The molecule has 1 atom stereocenters. The van der Waals surface area contributed by atoms with Crippen molar-refractivity contribution in [3.05, 3.63) is 93.5 Å². The Balaban J connectivity index is 1.52. The second-order valence-electron chi connectivity index (χ2n) is 8.97. The Kier molecular flexibility index (Phi) is 7.22. The van der Waals surface area contributed by atoms with Crippen LogP contribution in [0.3, 0.4) is 0 Å². The Bertz CT molecular complexity index is 1770. The molecular weight excluding hydrogens is 568 g/mol. The molecule has 0 fully saturated rings. The van der Waals surface area contributed by atoms with Crippen molar-refractivity contribution in [2.45, 2.75) is 26.1 Å². The van der Waals surface area contributed by atoms with E-state index in [4.69, 9.17) is 16.0 Å². The predicted molar refractivity (Wildman–Crippen MR) is 143 cm³/mol. The van der Waals surface area contributed by atoms with E-state index in [0.29, 0.717) is 11.1 Å². The summed E-state index contributed by atoms with van der Waals surface area (Å²) in [6.07, 6.45) is -3.29. The van der Waals surface area contributed by atoms with E-state index >= 15 is 0 Å². The van der Waals surface area contributed by atoms with Gasteiger partial charge < -0.3 is 15.1 Å². The number of hydrogen-bond donors (Lipinski definition) is 3. The highest BCUT2D eigenvalue weighted by molar-refractivity contribution is 6.31. The third-order valence-electron chi connectivity index (χ3n) is 6.09. The molecule has 2 aromatic carbocycles. The Morgan fingerprint density at radius 2 is 1.88 bits per heavy atom. The summed E-state index contributed by atoms with van der Waals surface area (Å²) in [5, 5.41) is 8.04. The number of pyridine rings is 1. The maximum absolute atomic E-state index is 13.6. The lowest BCUT2D eigenvalue weighted by atomic mass is 9.94. The highest BCUT2D eigenvalue weighted by atomic mass is 35.5. The van der Waals surface area contributed by atoms with E-state index < -0.39 is 29.5 Å². The standard InChI is InChI=1S/C27H19ClF4N6O3/c1-12-22(24(40)36-21-9-14(13(2)39)7-8-33-21)23(17-5-3-15(10-18(17)28)27(30,31)32)37-25(34-12)38-26-35-19-6-4-16(29)11-20(19)41-26/h3-11,23H,1-2H3,(H,33,36,40)(H2,34,35,37,38). The maximum Gasteiger partial charge on any atom is 0.416 e. The molecule has 1 aliphatic heterocycles. The summed E-state index contributed by atoms with van der Waals surface area (Å²) in [4.78, 5) is 38.0. The number of halogens is 5. The molecule has 0 bridgehead atoms. The van der Waals surface area contributed by atoms with Gasteiger partial charge >= 0.3 is 12.2 Å². The molecule has 210 valence electrons. The van der Waals surface area contributed by atoms with Crippen LogP contribution < -0.4 is 16.0 Å². The van der Waals surface area contributed by atoms with E-state index in [1.807, 2.05) is 0 Å². The summed E-state index contributed by atoms with van der Waals surface area (Å²) in [6, 6.07) is 8.14. The largest absolute Gasteiger partial charge is 0.423 e. The molecule has 9 nitrogen and oxygen atoms in total. The number of amides is 1. The van der Waals surface area contributed by atoms with Crippen LogP contribution in [0.5, 0.6) is 0 Å². The smallest absolute Gasteiger partial charge is 0.416 e. The summed E-state index contributed by atoms with van der Waals surface area (Å²) < 4.78 is 59.0. The number of anilines is 2. The molecule has 1 amide bonds. The minimum absolute atomic E-state index is 0.0203. The van der Waals surface area contributed by atoms with Gasteiger partial charge in [-0.05, 0) is 50.2 Å². The molecule has 0 spiro atoms. The van der Waals surface area contributed by atoms with Crippen LogP contribution in [-0.4, -0.2) is 27.6 Å². The molecule has 3 N–H and O–H groups in total. The number of fused-ring (bicyclic) bond motifs is 1. The van der Waals surface area contributed by atoms with Gasteiger partial charge in [0.1, 0.15) is 23.2 Å². The first kappa shape index (κ1) is 27.8. The van der Waals surface area contributed by atoms with Gasteiger partial charge in [0.2, 0.25) is 5.96 Å². The lowest BCUT2D eigenvalue weighted by molar-refractivity contribution is -0.137. The fraction of sp³-hybridized carbons (Fsp3) is 0.148. The van der Waals surface area contributed by atoms with Crippen molar-refractivity contribution in [1.82, 2.24) is 15.3 Å². The molecule has 4 aromatic rings.